The van der Waals surface area contributed by atoms with E-state index in [1.807, 2.05) is 42.5 Å². The Morgan fingerprint density at radius 3 is 2.41 bits per heavy atom. The molecule has 0 saturated carbocycles. The molecule has 27 heavy (non-hydrogen) atoms. The summed E-state index contributed by atoms with van der Waals surface area (Å²) in [6.45, 7) is 1.84. The van der Waals surface area contributed by atoms with E-state index in [-0.39, 0.29) is 0 Å². The van der Waals surface area contributed by atoms with Crippen molar-refractivity contribution in [1.82, 2.24) is 0 Å². The summed E-state index contributed by atoms with van der Waals surface area (Å²) >= 11 is 0. The van der Waals surface area contributed by atoms with Crippen LogP contribution in [0, 0.1) is 12.3 Å². The number of aliphatic imine (C=N–C) groups is 1. The van der Waals surface area contributed by atoms with Crippen molar-refractivity contribution in [1.29, 1.82) is 0 Å². The second-order valence-electron chi connectivity index (χ2n) is 5.44. The Balaban J connectivity index is 2.06. The van der Waals surface area contributed by atoms with Crippen LogP contribution in [0.5, 0.6) is 11.5 Å². The zero-order valence-electron chi connectivity index (χ0n) is 15.6. The van der Waals surface area contributed by atoms with Gasteiger partial charge in [-0.25, -0.2) is 4.99 Å². The van der Waals surface area contributed by atoms with Crippen LogP contribution in [0.25, 0.3) is 0 Å². The van der Waals surface area contributed by atoms with Gasteiger partial charge in [0, 0.05) is 31.5 Å². The summed E-state index contributed by atoms with van der Waals surface area (Å²) < 4.78 is 21.5. The lowest BCUT2D eigenvalue weighted by Gasteiger charge is -2.13. The zero-order chi connectivity index (χ0) is 19.3. The molecule has 0 saturated heterocycles. The number of methoxy groups -OCH3 is 2. The van der Waals surface area contributed by atoms with Gasteiger partial charge in [-0.1, -0.05) is 12.0 Å². The predicted molar refractivity (Wildman–Crippen MR) is 107 cm³/mol. The molecule has 2 aromatic rings. The Labute approximate surface area is 160 Å². The molecule has 0 amide bonds. The molecule has 2 rings (SSSR count). The van der Waals surface area contributed by atoms with Crippen LogP contribution >= 0.6 is 0 Å². The third-order valence-electron chi connectivity index (χ3n) is 3.49. The lowest BCUT2D eigenvalue weighted by molar-refractivity contribution is 0.132. The van der Waals surface area contributed by atoms with Crippen molar-refractivity contribution in [2.24, 2.45) is 4.99 Å². The molecule has 0 aliphatic carbocycles. The molecule has 0 spiro atoms. The monoisotopic (exact) mass is 368 g/mol. The first-order chi connectivity index (χ1) is 13.3. The Morgan fingerprint density at radius 1 is 0.963 bits per heavy atom. The predicted octanol–water partition coefficient (Wildman–Crippen LogP) is 3.49. The highest BCUT2D eigenvalue weighted by Crippen LogP contribution is 2.31. The summed E-state index contributed by atoms with van der Waals surface area (Å²) in [4.78, 5) is 4.40. The molecule has 1 N–H and O–H groups in total. The van der Waals surface area contributed by atoms with Crippen LogP contribution in [0.15, 0.2) is 47.5 Å². The van der Waals surface area contributed by atoms with Crippen LogP contribution in [0.1, 0.15) is 5.56 Å². The van der Waals surface area contributed by atoms with Crippen molar-refractivity contribution < 1.29 is 18.9 Å². The van der Waals surface area contributed by atoms with E-state index in [0.29, 0.717) is 37.9 Å². The number of hydrogen-bond donors (Lipinski definition) is 1. The van der Waals surface area contributed by atoms with Crippen LogP contribution in [0.4, 0.5) is 11.4 Å². The number of terminal acetylenes is 1. The van der Waals surface area contributed by atoms with Gasteiger partial charge in [0.2, 0.25) is 0 Å². The number of benzene rings is 2. The number of nitrogens with one attached hydrogen (secondary N) is 1. The maximum Gasteiger partial charge on any atom is 0.163 e. The van der Waals surface area contributed by atoms with Crippen molar-refractivity contribution in [3.8, 4) is 23.8 Å². The van der Waals surface area contributed by atoms with E-state index < -0.39 is 0 Å². The average molecular weight is 368 g/mol. The smallest absolute Gasteiger partial charge is 0.163 e. The van der Waals surface area contributed by atoms with Crippen molar-refractivity contribution in [3.63, 3.8) is 0 Å². The van der Waals surface area contributed by atoms with Gasteiger partial charge in [0.05, 0.1) is 25.2 Å². The summed E-state index contributed by atoms with van der Waals surface area (Å²) in [5.41, 5.74) is 2.40. The van der Waals surface area contributed by atoms with Gasteiger partial charge in [-0.05, 0) is 30.3 Å². The minimum Gasteiger partial charge on any atom is -0.487 e. The molecule has 0 aliphatic heterocycles. The Bertz CT molecular complexity index is 784. The zero-order valence-corrected chi connectivity index (χ0v) is 15.6. The molecular formula is C21H24N2O4. The second kappa shape index (κ2) is 11.6. The molecule has 0 aromatic heterocycles. The SMILES string of the molecule is C#Cc1cccc(NC=Nc2ccc(OCCOC)c(OCCOC)c2)c1. The molecule has 0 unspecified atom stereocenters. The number of hydrogen-bond acceptors (Lipinski definition) is 5. The van der Waals surface area contributed by atoms with E-state index in [1.54, 1.807) is 20.6 Å². The Morgan fingerprint density at radius 2 is 1.70 bits per heavy atom. The normalized spacial score (nSPS) is 10.6. The van der Waals surface area contributed by atoms with Crippen LogP contribution in [-0.4, -0.2) is 47.0 Å². The molecule has 2 aromatic carbocycles. The van der Waals surface area contributed by atoms with Gasteiger partial charge in [0.1, 0.15) is 13.2 Å². The molecule has 0 atom stereocenters. The van der Waals surface area contributed by atoms with Gasteiger partial charge < -0.3 is 24.3 Å². The number of ether oxygens (including phenoxy) is 4. The third-order valence-corrected chi connectivity index (χ3v) is 3.49. The van der Waals surface area contributed by atoms with E-state index in [2.05, 4.69) is 16.2 Å². The van der Waals surface area contributed by atoms with Gasteiger partial charge in [0.15, 0.2) is 11.5 Å². The quantitative estimate of drug-likeness (QED) is 0.285. The van der Waals surface area contributed by atoms with Crippen molar-refractivity contribution in [3.05, 3.63) is 48.0 Å². The summed E-state index contributed by atoms with van der Waals surface area (Å²) in [6.07, 6.45) is 7.02. The van der Waals surface area contributed by atoms with E-state index in [9.17, 15) is 0 Å². The molecule has 6 nitrogen and oxygen atoms in total. The minimum atomic E-state index is 0.418. The first-order valence-corrected chi connectivity index (χ1v) is 8.50. The second-order valence-corrected chi connectivity index (χ2v) is 5.44. The Kier molecular flexibility index (Phi) is 8.70. The molecule has 0 bridgehead atoms. The van der Waals surface area contributed by atoms with Crippen LogP contribution in [0.3, 0.4) is 0 Å². The minimum absolute atomic E-state index is 0.418. The van der Waals surface area contributed by atoms with Crippen LogP contribution < -0.4 is 14.8 Å². The van der Waals surface area contributed by atoms with E-state index in [4.69, 9.17) is 25.4 Å². The topological polar surface area (TPSA) is 61.3 Å². The molecule has 0 heterocycles. The molecular weight excluding hydrogens is 344 g/mol. The van der Waals surface area contributed by atoms with Gasteiger partial charge in [-0.2, -0.15) is 0 Å². The molecule has 6 heteroatoms. The lowest BCUT2D eigenvalue weighted by Crippen LogP contribution is -2.08. The fourth-order valence-corrected chi connectivity index (χ4v) is 2.16. The van der Waals surface area contributed by atoms with Gasteiger partial charge in [-0.3, -0.25) is 0 Å². The van der Waals surface area contributed by atoms with Gasteiger partial charge in [0.25, 0.3) is 0 Å². The first kappa shape index (κ1) is 20.3. The van der Waals surface area contributed by atoms with Crippen molar-refractivity contribution in [2.45, 2.75) is 0 Å². The number of nitrogens with zero attached hydrogens (tertiary/aromatic N) is 1. The van der Waals surface area contributed by atoms with Gasteiger partial charge >= 0.3 is 0 Å². The highest BCUT2D eigenvalue weighted by molar-refractivity contribution is 5.78. The average Bonchev–Trinajstić information content (AvgIpc) is 2.70. The Hall–Kier alpha value is -3.01. The number of anilines is 1. The molecule has 0 fully saturated rings. The summed E-state index contributed by atoms with van der Waals surface area (Å²) in [6, 6.07) is 13.0. The summed E-state index contributed by atoms with van der Waals surface area (Å²) in [7, 11) is 3.25. The molecule has 0 radical (unpaired) electrons. The van der Waals surface area contributed by atoms with Crippen LogP contribution in [-0.2, 0) is 9.47 Å². The van der Waals surface area contributed by atoms with E-state index in [1.165, 1.54) is 0 Å². The van der Waals surface area contributed by atoms with E-state index >= 15 is 0 Å². The van der Waals surface area contributed by atoms with Crippen molar-refractivity contribution >= 4 is 17.7 Å². The largest absolute Gasteiger partial charge is 0.487 e. The van der Waals surface area contributed by atoms with E-state index in [0.717, 1.165) is 16.9 Å². The summed E-state index contributed by atoms with van der Waals surface area (Å²) in [5, 5.41) is 3.10. The summed E-state index contributed by atoms with van der Waals surface area (Å²) in [5.74, 6) is 3.84. The maximum atomic E-state index is 5.74. The lowest BCUT2D eigenvalue weighted by atomic mass is 10.2. The van der Waals surface area contributed by atoms with Crippen LogP contribution in [0.2, 0.25) is 0 Å². The number of rotatable bonds is 11. The van der Waals surface area contributed by atoms with Crippen molar-refractivity contribution in [2.75, 3.05) is 46.0 Å². The first-order valence-electron chi connectivity index (χ1n) is 8.50. The maximum absolute atomic E-state index is 5.74. The molecule has 142 valence electrons. The highest BCUT2D eigenvalue weighted by Gasteiger charge is 2.07. The third kappa shape index (κ3) is 7.02. The highest BCUT2D eigenvalue weighted by atomic mass is 16.5. The fourth-order valence-electron chi connectivity index (χ4n) is 2.16. The molecule has 0 aliphatic rings. The fraction of sp³-hybridized carbons (Fsp3) is 0.286. The standard InChI is InChI=1S/C21H24N2O4/c1-4-17-6-5-7-18(14-17)22-16-23-19-8-9-20(26-12-10-24-2)21(15-19)27-13-11-25-3/h1,5-9,14-16H,10-13H2,2-3H3,(H,22,23). The van der Waals surface area contributed by atoms with Gasteiger partial charge in [-0.15, -0.1) is 6.42 Å².